The average molecular weight is 259 g/mol. The van der Waals surface area contributed by atoms with E-state index in [1.165, 1.54) is 30.9 Å². The molecule has 16 heavy (non-hydrogen) atoms. The standard InChI is InChI=1S/C12H19ClN2S/c1-15(9-10-4-6-14-8-10)7-5-11-2-3-12(13)16-11/h2-3,10,14H,4-9H2,1H3. The van der Waals surface area contributed by atoms with Crippen LogP contribution in [-0.2, 0) is 6.42 Å². The number of nitrogens with one attached hydrogen (secondary N) is 1. The number of likely N-dealkylation sites (N-methyl/N-ethyl adjacent to an activating group) is 1. The zero-order chi connectivity index (χ0) is 11.4. The van der Waals surface area contributed by atoms with Crippen LogP contribution >= 0.6 is 22.9 Å². The maximum absolute atomic E-state index is 5.91. The number of thiophene rings is 1. The lowest BCUT2D eigenvalue weighted by atomic mass is 10.1. The molecule has 4 heteroatoms. The number of rotatable bonds is 5. The fourth-order valence-corrected chi connectivity index (χ4v) is 3.27. The molecule has 0 bridgehead atoms. The molecular weight excluding hydrogens is 240 g/mol. The molecule has 1 N–H and O–H groups in total. The Kier molecular flexibility index (Phi) is 4.65. The molecule has 2 heterocycles. The summed E-state index contributed by atoms with van der Waals surface area (Å²) < 4.78 is 0.901. The van der Waals surface area contributed by atoms with Gasteiger partial charge >= 0.3 is 0 Å². The van der Waals surface area contributed by atoms with E-state index >= 15 is 0 Å². The van der Waals surface area contributed by atoms with Crippen LogP contribution in [-0.4, -0.2) is 38.1 Å². The van der Waals surface area contributed by atoms with Gasteiger partial charge in [-0.3, -0.25) is 0 Å². The highest BCUT2D eigenvalue weighted by Gasteiger charge is 2.16. The summed E-state index contributed by atoms with van der Waals surface area (Å²) in [5.74, 6) is 0.844. The average Bonchev–Trinajstić information content (AvgIpc) is 2.87. The SMILES string of the molecule is CN(CCc1ccc(Cl)s1)CC1CCNC1. The van der Waals surface area contributed by atoms with Crippen LogP contribution in [0.3, 0.4) is 0 Å². The molecule has 0 amide bonds. The van der Waals surface area contributed by atoms with Gasteiger partial charge in [-0.1, -0.05) is 11.6 Å². The van der Waals surface area contributed by atoms with Gasteiger partial charge in [0.2, 0.25) is 0 Å². The Morgan fingerprint density at radius 2 is 2.44 bits per heavy atom. The molecule has 0 saturated carbocycles. The van der Waals surface area contributed by atoms with Crippen molar-refractivity contribution in [1.82, 2.24) is 10.2 Å². The van der Waals surface area contributed by atoms with Crippen LogP contribution in [0.1, 0.15) is 11.3 Å². The fraction of sp³-hybridized carbons (Fsp3) is 0.667. The summed E-state index contributed by atoms with van der Waals surface area (Å²) in [6.45, 7) is 4.73. The summed E-state index contributed by atoms with van der Waals surface area (Å²) in [4.78, 5) is 3.83. The van der Waals surface area contributed by atoms with Crippen LogP contribution in [0.2, 0.25) is 4.34 Å². The summed E-state index contributed by atoms with van der Waals surface area (Å²) in [5, 5.41) is 3.41. The third kappa shape index (κ3) is 3.74. The second kappa shape index (κ2) is 6.01. The van der Waals surface area contributed by atoms with Gasteiger partial charge in [-0.15, -0.1) is 11.3 Å². The summed E-state index contributed by atoms with van der Waals surface area (Å²) in [5.41, 5.74) is 0. The molecule has 0 aliphatic carbocycles. The maximum atomic E-state index is 5.91. The lowest BCUT2D eigenvalue weighted by Gasteiger charge is -2.19. The molecule has 0 aromatic carbocycles. The van der Waals surface area contributed by atoms with Gasteiger partial charge in [-0.2, -0.15) is 0 Å². The van der Waals surface area contributed by atoms with Crippen molar-refractivity contribution in [2.45, 2.75) is 12.8 Å². The third-order valence-electron chi connectivity index (χ3n) is 3.10. The molecule has 90 valence electrons. The highest BCUT2D eigenvalue weighted by molar-refractivity contribution is 7.16. The van der Waals surface area contributed by atoms with Gasteiger partial charge in [-0.05, 0) is 51.0 Å². The molecule has 2 nitrogen and oxygen atoms in total. The van der Waals surface area contributed by atoms with Crippen LogP contribution in [0.5, 0.6) is 0 Å². The van der Waals surface area contributed by atoms with Crippen LogP contribution in [0, 0.1) is 5.92 Å². The largest absolute Gasteiger partial charge is 0.316 e. The van der Waals surface area contributed by atoms with Crippen molar-refractivity contribution in [2.24, 2.45) is 5.92 Å². The molecule has 0 radical (unpaired) electrons. The van der Waals surface area contributed by atoms with E-state index in [1.807, 2.05) is 6.07 Å². The van der Waals surface area contributed by atoms with Crippen LogP contribution in [0.4, 0.5) is 0 Å². The Balaban J connectivity index is 1.68. The quantitative estimate of drug-likeness (QED) is 0.873. The first-order chi connectivity index (χ1) is 7.74. The van der Waals surface area contributed by atoms with Crippen LogP contribution in [0.15, 0.2) is 12.1 Å². The molecule has 1 aliphatic rings. The highest BCUT2D eigenvalue weighted by Crippen LogP contribution is 2.21. The van der Waals surface area contributed by atoms with E-state index in [-0.39, 0.29) is 0 Å². The van der Waals surface area contributed by atoms with Crippen molar-refractivity contribution in [3.8, 4) is 0 Å². The van der Waals surface area contributed by atoms with Crippen molar-refractivity contribution in [1.29, 1.82) is 0 Å². The maximum Gasteiger partial charge on any atom is 0.0931 e. The minimum Gasteiger partial charge on any atom is -0.316 e. The van der Waals surface area contributed by atoms with Gasteiger partial charge in [0.15, 0.2) is 0 Å². The molecule has 1 aliphatic heterocycles. The number of nitrogens with zero attached hydrogens (tertiary/aromatic N) is 1. The minimum absolute atomic E-state index is 0.844. The lowest BCUT2D eigenvalue weighted by molar-refractivity contribution is 0.289. The molecule has 0 spiro atoms. The van der Waals surface area contributed by atoms with Crippen molar-refractivity contribution >= 4 is 22.9 Å². The summed E-state index contributed by atoms with van der Waals surface area (Å²) >= 11 is 7.61. The molecule has 1 atom stereocenters. The normalized spacial score (nSPS) is 20.8. The summed E-state index contributed by atoms with van der Waals surface area (Å²) in [7, 11) is 2.22. The van der Waals surface area contributed by atoms with E-state index in [0.717, 1.165) is 23.2 Å². The van der Waals surface area contributed by atoms with E-state index in [2.05, 4.69) is 23.3 Å². The first-order valence-electron chi connectivity index (χ1n) is 5.87. The van der Waals surface area contributed by atoms with Crippen molar-refractivity contribution in [3.05, 3.63) is 21.3 Å². The number of halogens is 1. The molecule has 1 aromatic rings. The Morgan fingerprint density at radius 1 is 1.56 bits per heavy atom. The number of hydrogen-bond donors (Lipinski definition) is 1. The summed E-state index contributed by atoms with van der Waals surface area (Å²) in [6.07, 6.45) is 2.45. The van der Waals surface area contributed by atoms with Crippen LogP contribution < -0.4 is 5.32 Å². The van der Waals surface area contributed by atoms with E-state index in [9.17, 15) is 0 Å². The molecular formula is C12H19ClN2S. The Labute approximate surface area is 107 Å². The number of hydrogen-bond acceptors (Lipinski definition) is 3. The van der Waals surface area contributed by atoms with Gasteiger partial charge < -0.3 is 10.2 Å². The molecule has 1 unspecified atom stereocenters. The van der Waals surface area contributed by atoms with Crippen molar-refractivity contribution < 1.29 is 0 Å². The molecule has 2 rings (SSSR count). The van der Waals surface area contributed by atoms with Gasteiger partial charge in [-0.25, -0.2) is 0 Å². The fourth-order valence-electron chi connectivity index (χ4n) is 2.19. The Morgan fingerprint density at radius 3 is 3.06 bits per heavy atom. The zero-order valence-corrected chi connectivity index (χ0v) is 11.3. The summed E-state index contributed by atoms with van der Waals surface area (Å²) in [6, 6.07) is 4.13. The van der Waals surface area contributed by atoms with Crippen molar-refractivity contribution in [3.63, 3.8) is 0 Å². The zero-order valence-electron chi connectivity index (χ0n) is 9.71. The van der Waals surface area contributed by atoms with Crippen LogP contribution in [0.25, 0.3) is 0 Å². The Hall–Kier alpha value is -0.0900. The van der Waals surface area contributed by atoms with E-state index in [4.69, 9.17) is 11.6 Å². The first-order valence-corrected chi connectivity index (χ1v) is 7.07. The van der Waals surface area contributed by atoms with E-state index in [1.54, 1.807) is 11.3 Å². The first kappa shape index (κ1) is 12.4. The second-order valence-corrected chi connectivity index (χ2v) is 6.38. The van der Waals surface area contributed by atoms with E-state index in [0.29, 0.717) is 0 Å². The topological polar surface area (TPSA) is 15.3 Å². The molecule has 1 aromatic heterocycles. The van der Waals surface area contributed by atoms with Crippen molar-refractivity contribution in [2.75, 3.05) is 33.2 Å². The Bertz CT molecular complexity index is 321. The smallest absolute Gasteiger partial charge is 0.0931 e. The molecule has 1 fully saturated rings. The second-order valence-electron chi connectivity index (χ2n) is 4.58. The monoisotopic (exact) mass is 258 g/mol. The molecule has 1 saturated heterocycles. The predicted octanol–water partition coefficient (Wildman–Crippen LogP) is 2.49. The lowest BCUT2D eigenvalue weighted by Crippen LogP contribution is -2.28. The van der Waals surface area contributed by atoms with E-state index < -0.39 is 0 Å². The predicted molar refractivity (Wildman–Crippen MR) is 71.5 cm³/mol. The highest BCUT2D eigenvalue weighted by atomic mass is 35.5. The van der Waals surface area contributed by atoms with Gasteiger partial charge in [0.1, 0.15) is 0 Å². The third-order valence-corrected chi connectivity index (χ3v) is 4.39. The minimum atomic E-state index is 0.844. The van der Waals surface area contributed by atoms with Gasteiger partial charge in [0.25, 0.3) is 0 Å². The van der Waals surface area contributed by atoms with Gasteiger partial charge in [0.05, 0.1) is 4.34 Å². The van der Waals surface area contributed by atoms with Gasteiger partial charge in [0, 0.05) is 18.0 Å².